The van der Waals surface area contributed by atoms with Crippen LogP contribution in [0, 0.1) is 11.8 Å². The summed E-state index contributed by atoms with van der Waals surface area (Å²) in [5, 5.41) is 3.45. The zero-order valence-electron chi connectivity index (χ0n) is 13.8. The smallest absolute Gasteiger partial charge is 0.211 e. The van der Waals surface area contributed by atoms with Crippen LogP contribution in [0.4, 0.5) is 0 Å². The van der Waals surface area contributed by atoms with Gasteiger partial charge in [0.2, 0.25) is 10.0 Å². The molecule has 0 amide bonds. The lowest BCUT2D eigenvalue weighted by Gasteiger charge is -2.33. The summed E-state index contributed by atoms with van der Waals surface area (Å²) >= 11 is 0. The molecule has 0 bridgehead atoms. The minimum absolute atomic E-state index is 0.509. The van der Waals surface area contributed by atoms with Crippen molar-refractivity contribution >= 4 is 10.0 Å². The van der Waals surface area contributed by atoms with E-state index in [0.717, 1.165) is 39.0 Å². The van der Waals surface area contributed by atoms with Crippen LogP contribution in [0.3, 0.4) is 0 Å². The lowest BCUT2D eigenvalue weighted by Crippen LogP contribution is -2.40. The molecule has 0 aliphatic carbocycles. The van der Waals surface area contributed by atoms with E-state index in [1.54, 1.807) is 11.4 Å². The Morgan fingerprint density at radius 2 is 2.19 bits per heavy atom. The van der Waals surface area contributed by atoms with Crippen molar-refractivity contribution in [3.8, 4) is 0 Å². The molecule has 0 radical (unpaired) electrons. The van der Waals surface area contributed by atoms with Crippen molar-refractivity contribution in [2.45, 2.75) is 39.0 Å². The summed E-state index contributed by atoms with van der Waals surface area (Å²) in [4.78, 5) is 0. The Hall–Kier alpha value is -0.170. The van der Waals surface area contributed by atoms with Crippen molar-refractivity contribution in [2.24, 2.45) is 11.8 Å². The summed E-state index contributed by atoms with van der Waals surface area (Å²) in [5.74, 6) is 1.14. The lowest BCUT2D eigenvalue weighted by atomic mass is 9.87. The first kappa shape index (κ1) is 18.9. The van der Waals surface area contributed by atoms with Gasteiger partial charge in [-0.3, -0.25) is 0 Å². The fourth-order valence-corrected chi connectivity index (χ4v) is 4.13. The van der Waals surface area contributed by atoms with Crippen molar-refractivity contribution in [2.75, 3.05) is 46.2 Å². The molecular weight excluding hydrogens is 288 g/mol. The molecule has 1 saturated heterocycles. The third-order valence-corrected chi connectivity index (χ3v) is 5.50. The molecule has 6 heteroatoms. The molecule has 2 unspecified atom stereocenters. The standard InChI is InChI=1S/C15H32N2O3S/c1-4-6-14(12-16-8-10-20-2)11-15-7-5-9-17(13-15)21(3,18)19/h14-16H,4-13H2,1-3H3. The van der Waals surface area contributed by atoms with Gasteiger partial charge in [-0.2, -0.15) is 0 Å². The second-order valence-corrected chi connectivity index (χ2v) is 8.20. The van der Waals surface area contributed by atoms with Gasteiger partial charge >= 0.3 is 0 Å². The van der Waals surface area contributed by atoms with Crippen molar-refractivity contribution < 1.29 is 13.2 Å². The fraction of sp³-hybridized carbons (Fsp3) is 1.00. The molecule has 21 heavy (non-hydrogen) atoms. The molecule has 0 spiro atoms. The van der Waals surface area contributed by atoms with Gasteiger partial charge in [0, 0.05) is 26.7 Å². The monoisotopic (exact) mass is 320 g/mol. The molecule has 1 fully saturated rings. The Morgan fingerprint density at radius 1 is 1.43 bits per heavy atom. The summed E-state index contributed by atoms with van der Waals surface area (Å²) in [6.45, 7) is 6.25. The summed E-state index contributed by atoms with van der Waals surface area (Å²) in [6.07, 6.45) is 6.98. The maximum atomic E-state index is 11.7. The number of ether oxygens (including phenoxy) is 1. The van der Waals surface area contributed by atoms with Crippen LogP contribution in [-0.4, -0.2) is 58.9 Å². The first-order valence-electron chi connectivity index (χ1n) is 8.12. The highest BCUT2D eigenvalue weighted by Crippen LogP contribution is 2.26. The van der Waals surface area contributed by atoms with E-state index in [4.69, 9.17) is 4.74 Å². The molecule has 126 valence electrons. The summed E-state index contributed by atoms with van der Waals surface area (Å²) in [7, 11) is -1.31. The largest absolute Gasteiger partial charge is 0.383 e. The molecule has 2 atom stereocenters. The number of nitrogens with one attached hydrogen (secondary N) is 1. The molecule has 1 N–H and O–H groups in total. The van der Waals surface area contributed by atoms with Crippen LogP contribution in [0.5, 0.6) is 0 Å². The normalized spacial score (nSPS) is 22.3. The van der Waals surface area contributed by atoms with Gasteiger partial charge in [0.25, 0.3) is 0 Å². The van der Waals surface area contributed by atoms with Crippen LogP contribution in [0.15, 0.2) is 0 Å². The molecule has 0 aromatic carbocycles. The Bertz CT molecular complexity index is 373. The summed E-state index contributed by atoms with van der Waals surface area (Å²) in [6, 6.07) is 0. The third-order valence-electron chi connectivity index (χ3n) is 4.23. The Labute approximate surface area is 130 Å². The van der Waals surface area contributed by atoms with Crippen molar-refractivity contribution in [3.05, 3.63) is 0 Å². The van der Waals surface area contributed by atoms with Gasteiger partial charge in [-0.05, 0) is 44.1 Å². The van der Waals surface area contributed by atoms with Crippen LogP contribution >= 0.6 is 0 Å². The number of rotatable bonds is 10. The first-order chi connectivity index (χ1) is 9.97. The van der Waals surface area contributed by atoms with E-state index < -0.39 is 10.0 Å². The van der Waals surface area contributed by atoms with Gasteiger partial charge in [0.1, 0.15) is 0 Å². The Balaban J connectivity index is 2.42. The SMILES string of the molecule is CCCC(CNCCOC)CC1CCCN(S(C)(=O)=O)C1. The van der Waals surface area contributed by atoms with Crippen LogP contribution < -0.4 is 5.32 Å². The molecule has 1 heterocycles. The van der Waals surface area contributed by atoms with E-state index in [1.165, 1.54) is 19.1 Å². The van der Waals surface area contributed by atoms with Crippen molar-refractivity contribution in [3.63, 3.8) is 0 Å². The quantitative estimate of drug-likeness (QED) is 0.623. The highest BCUT2D eigenvalue weighted by Gasteiger charge is 2.27. The zero-order valence-corrected chi connectivity index (χ0v) is 14.6. The molecule has 5 nitrogen and oxygen atoms in total. The first-order valence-corrected chi connectivity index (χ1v) is 9.97. The highest BCUT2D eigenvalue weighted by atomic mass is 32.2. The van der Waals surface area contributed by atoms with Gasteiger partial charge < -0.3 is 10.1 Å². The number of piperidine rings is 1. The van der Waals surface area contributed by atoms with Crippen LogP contribution in [0.1, 0.15) is 39.0 Å². The molecule has 1 rings (SSSR count). The fourth-order valence-electron chi connectivity index (χ4n) is 3.18. The molecule has 1 aliphatic heterocycles. The second kappa shape index (κ2) is 9.77. The van der Waals surface area contributed by atoms with Gasteiger partial charge in [-0.25, -0.2) is 12.7 Å². The van der Waals surface area contributed by atoms with E-state index in [-0.39, 0.29) is 0 Å². The van der Waals surface area contributed by atoms with Gasteiger partial charge in [0.05, 0.1) is 12.9 Å². The van der Waals surface area contributed by atoms with E-state index >= 15 is 0 Å². The number of nitrogens with zero attached hydrogens (tertiary/aromatic N) is 1. The minimum atomic E-state index is -3.03. The molecule has 0 aromatic heterocycles. The summed E-state index contributed by atoms with van der Waals surface area (Å²) in [5.41, 5.74) is 0. The second-order valence-electron chi connectivity index (χ2n) is 6.22. The summed E-state index contributed by atoms with van der Waals surface area (Å²) < 4.78 is 30.1. The molecular formula is C15H32N2O3S. The van der Waals surface area contributed by atoms with Gasteiger partial charge in [-0.15, -0.1) is 0 Å². The molecule has 1 aliphatic rings. The van der Waals surface area contributed by atoms with E-state index in [0.29, 0.717) is 24.9 Å². The number of methoxy groups -OCH3 is 1. The molecule has 0 saturated carbocycles. The molecule has 0 aromatic rings. The predicted octanol–water partition coefficient (Wildman–Crippen LogP) is 1.70. The predicted molar refractivity (Wildman–Crippen MR) is 86.9 cm³/mol. The Morgan fingerprint density at radius 3 is 2.81 bits per heavy atom. The zero-order chi connectivity index (χ0) is 15.7. The van der Waals surface area contributed by atoms with Crippen LogP contribution in [-0.2, 0) is 14.8 Å². The van der Waals surface area contributed by atoms with E-state index in [2.05, 4.69) is 12.2 Å². The van der Waals surface area contributed by atoms with Gasteiger partial charge in [0.15, 0.2) is 0 Å². The number of sulfonamides is 1. The average molecular weight is 320 g/mol. The van der Waals surface area contributed by atoms with Gasteiger partial charge in [-0.1, -0.05) is 13.3 Å². The van der Waals surface area contributed by atoms with Crippen LogP contribution in [0.2, 0.25) is 0 Å². The topological polar surface area (TPSA) is 58.6 Å². The maximum absolute atomic E-state index is 11.7. The van der Waals surface area contributed by atoms with E-state index in [9.17, 15) is 8.42 Å². The minimum Gasteiger partial charge on any atom is -0.383 e. The van der Waals surface area contributed by atoms with Crippen molar-refractivity contribution in [1.82, 2.24) is 9.62 Å². The highest BCUT2D eigenvalue weighted by molar-refractivity contribution is 7.88. The maximum Gasteiger partial charge on any atom is 0.211 e. The Kier molecular flexibility index (Phi) is 8.78. The van der Waals surface area contributed by atoms with E-state index in [1.807, 2.05) is 0 Å². The number of hydrogen-bond acceptors (Lipinski definition) is 4. The number of hydrogen-bond donors (Lipinski definition) is 1. The lowest BCUT2D eigenvalue weighted by molar-refractivity contribution is 0.192. The third kappa shape index (κ3) is 7.58. The van der Waals surface area contributed by atoms with Crippen LogP contribution in [0.25, 0.3) is 0 Å². The average Bonchev–Trinajstić information content (AvgIpc) is 2.43. The van der Waals surface area contributed by atoms with Crippen molar-refractivity contribution in [1.29, 1.82) is 0 Å².